The molecule has 1 fully saturated rings. The van der Waals surface area contributed by atoms with Gasteiger partial charge in [0.1, 0.15) is 11.9 Å². The molecule has 1 heterocycles. The van der Waals surface area contributed by atoms with Crippen molar-refractivity contribution in [2.24, 2.45) is 5.73 Å². The van der Waals surface area contributed by atoms with Gasteiger partial charge in [-0.1, -0.05) is 6.92 Å². The minimum absolute atomic E-state index is 0.139. The lowest BCUT2D eigenvalue weighted by Crippen LogP contribution is -2.30. The molecule has 21 heavy (non-hydrogen) atoms. The summed E-state index contributed by atoms with van der Waals surface area (Å²) in [5, 5.41) is 0. The zero-order valence-electron chi connectivity index (χ0n) is 13.5. The first kappa shape index (κ1) is 16.2. The Bertz CT molecular complexity index is 450. The standard InChI is InChI=1S/C17H28N2O2/c1-4-13(18)10-16-17(9-8-12(2)19-16)21-15-7-5-6-14(11-15)20-3/h8-9,13-15H,4-7,10-11,18H2,1-3H3. The van der Waals surface area contributed by atoms with Crippen LogP contribution < -0.4 is 10.5 Å². The van der Waals surface area contributed by atoms with Crippen LogP contribution in [0.3, 0.4) is 0 Å². The minimum Gasteiger partial charge on any atom is -0.488 e. The molecule has 118 valence electrons. The van der Waals surface area contributed by atoms with E-state index in [1.165, 1.54) is 0 Å². The molecule has 3 unspecified atom stereocenters. The summed E-state index contributed by atoms with van der Waals surface area (Å²) in [4.78, 5) is 4.63. The number of aryl methyl sites for hydroxylation is 1. The maximum Gasteiger partial charge on any atom is 0.141 e. The van der Waals surface area contributed by atoms with Gasteiger partial charge in [0.05, 0.1) is 11.8 Å². The lowest BCUT2D eigenvalue weighted by atomic mass is 9.95. The number of methoxy groups -OCH3 is 1. The molecule has 0 radical (unpaired) electrons. The summed E-state index contributed by atoms with van der Waals surface area (Å²) in [7, 11) is 1.78. The van der Waals surface area contributed by atoms with Gasteiger partial charge in [-0.2, -0.15) is 0 Å². The molecule has 0 aromatic carbocycles. The highest BCUT2D eigenvalue weighted by atomic mass is 16.5. The number of rotatable bonds is 6. The molecule has 0 amide bonds. The molecule has 3 atom stereocenters. The summed E-state index contributed by atoms with van der Waals surface area (Å²) in [6.45, 7) is 4.11. The van der Waals surface area contributed by atoms with Crippen LogP contribution in [0.2, 0.25) is 0 Å². The van der Waals surface area contributed by atoms with Gasteiger partial charge in [-0.15, -0.1) is 0 Å². The molecule has 2 rings (SSSR count). The van der Waals surface area contributed by atoms with Crippen molar-refractivity contribution in [3.8, 4) is 5.75 Å². The van der Waals surface area contributed by atoms with Crippen LogP contribution in [0, 0.1) is 6.92 Å². The molecule has 2 N–H and O–H groups in total. The number of ether oxygens (including phenoxy) is 2. The molecule has 0 spiro atoms. The Labute approximate surface area is 128 Å². The van der Waals surface area contributed by atoms with Crippen molar-refractivity contribution in [2.45, 2.75) is 70.6 Å². The number of nitrogens with zero attached hydrogens (tertiary/aromatic N) is 1. The molecule has 0 saturated heterocycles. The number of pyridine rings is 1. The van der Waals surface area contributed by atoms with Crippen molar-refractivity contribution in [3.05, 3.63) is 23.5 Å². The summed E-state index contributed by atoms with van der Waals surface area (Å²) in [6, 6.07) is 4.18. The van der Waals surface area contributed by atoms with Crippen molar-refractivity contribution >= 4 is 0 Å². The molecule has 1 aliphatic rings. The van der Waals surface area contributed by atoms with E-state index in [1.807, 2.05) is 19.1 Å². The minimum atomic E-state index is 0.139. The Kier molecular flexibility index (Phi) is 6.00. The monoisotopic (exact) mass is 292 g/mol. The second-order valence-electron chi connectivity index (χ2n) is 6.03. The second-order valence-corrected chi connectivity index (χ2v) is 6.03. The smallest absolute Gasteiger partial charge is 0.141 e. The highest BCUT2D eigenvalue weighted by Gasteiger charge is 2.24. The van der Waals surface area contributed by atoms with Gasteiger partial charge in [0.25, 0.3) is 0 Å². The van der Waals surface area contributed by atoms with Crippen LogP contribution in [0.1, 0.15) is 50.4 Å². The average Bonchev–Trinajstić information content (AvgIpc) is 2.50. The summed E-state index contributed by atoms with van der Waals surface area (Å²) in [5.41, 5.74) is 8.09. The Balaban J connectivity index is 2.07. The van der Waals surface area contributed by atoms with E-state index in [-0.39, 0.29) is 12.1 Å². The maximum absolute atomic E-state index is 6.22. The molecule has 1 aromatic heterocycles. The number of nitrogens with two attached hydrogens (primary N) is 1. The molecule has 0 aliphatic heterocycles. The van der Waals surface area contributed by atoms with E-state index in [4.69, 9.17) is 15.2 Å². The zero-order valence-corrected chi connectivity index (χ0v) is 13.5. The quantitative estimate of drug-likeness (QED) is 0.875. The van der Waals surface area contributed by atoms with Crippen LogP contribution in [-0.2, 0) is 11.2 Å². The Morgan fingerprint density at radius 2 is 2.10 bits per heavy atom. The third-order valence-corrected chi connectivity index (χ3v) is 4.26. The lowest BCUT2D eigenvalue weighted by molar-refractivity contribution is 0.0205. The third-order valence-electron chi connectivity index (χ3n) is 4.26. The van der Waals surface area contributed by atoms with Gasteiger partial charge >= 0.3 is 0 Å². The highest BCUT2D eigenvalue weighted by Crippen LogP contribution is 2.27. The fourth-order valence-corrected chi connectivity index (χ4v) is 2.85. The van der Waals surface area contributed by atoms with Gasteiger partial charge in [-0.3, -0.25) is 4.98 Å². The van der Waals surface area contributed by atoms with E-state index in [9.17, 15) is 0 Å². The van der Waals surface area contributed by atoms with Crippen LogP contribution in [0.15, 0.2) is 12.1 Å². The van der Waals surface area contributed by atoms with Gasteiger partial charge in [0.15, 0.2) is 0 Å². The van der Waals surface area contributed by atoms with E-state index >= 15 is 0 Å². The Hall–Kier alpha value is -1.13. The average molecular weight is 292 g/mol. The predicted molar refractivity (Wildman–Crippen MR) is 84.6 cm³/mol. The van der Waals surface area contributed by atoms with Crippen molar-refractivity contribution in [1.82, 2.24) is 4.98 Å². The third kappa shape index (κ3) is 4.68. The molecular formula is C17H28N2O2. The van der Waals surface area contributed by atoms with Crippen LogP contribution in [0.4, 0.5) is 0 Å². The number of hydrogen-bond acceptors (Lipinski definition) is 4. The van der Waals surface area contributed by atoms with Gasteiger partial charge in [-0.05, 0) is 44.7 Å². The Morgan fingerprint density at radius 3 is 2.81 bits per heavy atom. The molecule has 0 bridgehead atoms. The summed E-state index contributed by atoms with van der Waals surface area (Å²) < 4.78 is 11.7. The van der Waals surface area contributed by atoms with Crippen LogP contribution in [0.5, 0.6) is 5.75 Å². The number of aromatic nitrogens is 1. The van der Waals surface area contributed by atoms with Crippen LogP contribution >= 0.6 is 0 Å². The Morgan fingerprint density at radius 1 is 1.33 bits per heavy atom. The molecule has 1 aliphatic carbocycles. The zero-order chi connectivity index (χ0) is 15.2. The fourth-order valence-electron chi connectivity index (χ4n) is 2.85. The first-order chi connectivity index (χ1) is 10.1. The largest absolute Gasteiger partial charge is 0.488 e. The first-order valence-electron chi connectivity index (χ1n) is 8.04. The van der Waals surface area contributed by atoms with E-state index < -0.39 is 0 Å². The summed E-state index contributed by atoms with van der Waals surface area (Å²) >= 11 is 0. The van der Waals surface area contributed by atoms with Gasteiger partial charge in [-0.25, -0.2) is 0 Å². The number of hydrogen-bond donors (Lipinski definition) is 1. The summed E-state index contributed by atoms with van der Waals surface area (Å²) in [6.07, 6.45) is 6.62. The topological polar surface area (TPSA) is 57.4 Å². The SMILES string of the molecule is CCC(N)Cc1nc(C)ccc1OC1CCCC(OC)C1. The molecule has 4 heteroatoms. The molecule has 4 nitrogen and oxygen atoms in total. The van der Waals surface area contributed by atoms with E-state index in [0.717, 1.165) is 55.7 Å². The van der Waals surface area contributed by atoms with Crippen molar-refractivity contribution < 1.29 is 9.47 Å². The van der Waals surface area contributed by atoms with E-state index in [0.29, 0.717) is 6.10 Å². The van der Waals surface area contributed by atoms with Crippen molar-refractivity contribution in [2.75, 3.05) is 7.11 Å². The van der Waals surface area contributed by atoms with Gasteiger partial charge < -0.3 is 15.2 Å². The normalized spacial score (nSPS) is 23.8. The highest BCUT2D eigenvalue weighted by molar-refractivity contribution is 5.30. The van der Waals surface area contributed by atoms with Gasteiger partial charge in [0.2, 0.25) is 0 Å². The molecular weight excluding hydrogens is 264 g/mol. The fraction of sp³-hybridized carbons (Fsp3) is 0.706. The van der Waals surface area contributed by atoms with Crippen LogP contribution in [-0.4, -0.2) is 30.3 Å². The molecule has 1 aromatic rings. The second kappa shape index (κ2) is 7.76. The maximum atomic E-state index is 6.22. The molecule has 1 saturated carbocycles. The lowest BCUT2D eigenvalue weighted by Gasteiger charge is -2.29. The first-order valence-corrected chi connectivity index (χ1v) is 8.04. The summed E-state index contributed by atoms with van der Waals surface area (Å²) in [5.74, 6) is 0.895. The van der Waals surface area contributed by atoms with Crippen molar-refractivity contribution in [1.29, 1.82) is 0 Å². The van der Waals surface area contributed by atoms with Crippen molar-refractivity contribution in [3.63, 3.8) is 0 Å². The predicted octanol–water partition coefficient (Wildman–Crippen LogP) is 3.01. The van der Waals surface area contributed by atoms with E-state index in [1.54, 1.807) is 7.11 Å². The van der Waals surface area contributed by atoms with Crippen LogP contribution in [0.25, 0.3) is 0 Å². The van der Waals surface area contributed by atoms with Gasteiger partial charge in [0, 0.05) is 31.7 Å². The van der Waals surface area contributed by atoms with E-state index in [2.05, 4.69) is 11.9 Å².